The van der Waals surface area contributed by atoms with E-state index in [0.717, 1.165) is 44.4 Å². The molecule has 0 amide bonds. The molecule has 0 fully saturated rings. The fraction of sp³-hybridized carbons (Fsp3) is 0.0137. The summed E-state index contributed by atoms with van der Waals surface area (Å²) in [5, 5.41) is 6.34. The minimum absolute atomic E-state index is 0.0208. The van der Waals surface area contributed by atoms with Crippen molar-refractivity contribution in [1.29, 1.82) is 0 Å². The van der Waals surface area contributed by atoms with Crippen LogP contribution in [0, 0.1) is 0 Å². The first kappa shape index (κ1) is 32.2. The standard InChI is InChI=1S/C73H46N2S2/c1-3-18-49(19-4-1)73(50-20-5-2-6-21-50)64-31-11-7-22-56(64)61-28-17-33-66(70(61)73)75-65-32-12-8-23-57(65)58-45-44-53(46-67(58)75)74(51-40-36-47(37-41-51)54-26-15-29-62-59-24-9-13-34-68(59)76-71(54)62)52-42-38-48(39-43-52)55-27-16-30-63-60-25-10-14-35-69(60)77-72(55)63/h1-46H/i1D,2D,3D,4D,5D,6D,7D,11D,18D,19D,20D,21D,22D,31D. The van der Waals surface area contributed by atoms with Gasteiger partial charge in [-0.2, -0.15) is 0 Å². The van der Waals surface area contributed by atoms with Gasteiger partial charge in [0.15, 0.2) is 0 Å². The van der Waals surface area contributed by atoms with E-state index in [-0.39, 0.29) is 27.9 Å². The van der Waals surface area contributed by atoms with Crippen LogP contribution in [0.4, 0.5) is 17.1 Å². The number of nitrogens with zero attached hydrogens (tertiary/aromatic N) is 2. The predicted molar refractivity (Wildman–Crippen MR) is 329 cm³/mol. The van der Waals surface area contributed by atoms with Gasteiger partial charge < -0.3 is 9.47 Å². The van der Waals surface area contributed by atoms with Crippen molar-refractivity contribution in [2.45, 2.75) is 5.41 Å². The zero-order valence-electron chi connectivity index (χ0n) is 54.7. The van der Waals surface area contributed by atoms with E-state index in [1.54, 1.807) is 40.9 Å². The Balaban J connectivity index is 0.977. The van der Waals surface area contributed by atoms with Gasteiger partial charge in [-0.3, -0.25) is 0 Å². The molecule has 4 heteroatoms. The molecule has 0 unspecified atom stereocenters. The van der Waals surface area contributed by atoms with Crippen molar-refractivity contribution in [1.82, 2.24) is 4.57 Å². The average Bonchev–Trinajstić information content (AvgIpc) is 1.53. The molecule has 0 aliphatic heterocycles. The third-order valence-electron chi connectivity index (χ3n) is 15.3. The Morgan fingerprint density at radius 3 is 1.45 bits per heavy atom. The minimum Gasteiger partial charge on any atom is -0.310 e. The van der Waals surface area contributed by atoms with Gasteiger partial charge in [0.05, 0.1) is 41.3 Å². The molecular weight excluding hydrogens is 969 g/mol. The molecule has 0 saturated carbocycles. The van der Waals surface area contributed by atoms with Gasteiger partial charge in [-0.05, 0) is 111 Å². The molecule has 0 spiro atoms. The van der Waals surface area contributed by atoms with Gasteiger partial charge in [0.25, 0.3) is 0 Å². The van der Waals surface area contributed by atoms with Crippen molar-refractivity contribution in [3.8, 4) is 39.1 Å². The van der Waals surface area contributed by atoms with Crippen molar-refractivity contribution >= 4 is 102 Å². The van der Waals surface area contributed by atoms with Gasteiger partial charge >= 0.3 is 0 Å². The number of hydrogen-bond acceptors (Lipinski definition) is 3. The quantitative estimate of drug-likeness (QED) is 0.147. The molecule has 16 rings (SSSR count). The zero-order valence-corrected chi connectivity index (χ0v) is 42.3. The highest BCUT2D eigenvalue weighted by Crippen LogP contribution is 2.58. The van der Waals surface area contributed by atoms with Crippen LogP contribution in [0.25, 0.3) is 101 Å². The first-order chi connectivity index (χ1) is 44.0. The van der Waals surface area contributed by atoms with Crippen LogP contribution in [0.5, 0.6) is 0 Å². The summed E-state index contributed by atoms with van der Waals surface area (Å²) in [4.78, 5) is 2.17. The van der Waals surface area contributed by atoms with Crippen molar-refractivity contribution in [3.05, 3.63) is 301 Å². The highest BCUT2D eigenvalue weighted by atomic mass is 32.1. The molecule has 0 atom stereocenters. The Morgan fingerprint density at radius 2 is 0.844 bits per heavy atom. The molecule has 15 aromatic rings. The molecule has 3 aromatic heterocycles. The number of thiophene rings is 2. The van der Waals surface area contributed by atoms with Gasteiger partial charge in [-0.15, -0.1) is 22.7 Å². The SMILES string of the molecule is [2H]c1c([2H])c([2H])c(C2(c3c([2H])c([2H])c([2H])c([2H])c3[2H])c3c(cccc3-n3c4ccccc4c4ccc(N(c5ccc(-c6cccc7c6sc6ccccc67)cc5)c5ccc(-c6cccc7c6sc6ccccc67)cc5)cc43)-c3c([2H])c([2H])c([2H])c([2H])c32)c([2H])c1[2H]. The first-order valence-corrected chi connectivity index (χ1v) is 26.9. The summed E-state index contributed by atoms with van der Waals surface area (Å²) in [5.41, 5.74) is 4.11. The molecule has 12 aromatic carbocycles. The van der Waals surface area contributed by atoms with Crippen molar-refractivity contribution in [2.24, 2.45) is 0 Å². The van der Waals surface area contributed by atoms with E-state index in [1.165, 1.54) is 40.3 Å². The maximum absolute atomic E-state index is 9.90. The van der Waals surface area contributed by atoms with Crippen LogP contribution in [0.15, 0.2) is 279 Å². The number of para-hydroxylation sites is 1. The lowest BCUT2D eigenvalue weighted by Gasteiger charge is -2.35. The van der Waals surface area contributed by atoms with Gasteiger partial charge in [0.1, 0.15) is 0 Å². The Morgan fingerprint density at radius 1 is 0.364 bits per heavy atom. The molecule has 0 saturated heterocycles. The van der Waals surface area contributed by atoms with Crippen LogP contribution in [-0.2, 0) is 5.41 Å². The Hall–Kier alpha value is -9.32. The van der Waals surface area contributed by atoms with E-state index in [1.807, 2.05) is 41.0 Å². The second-order valence-corrected chi connectivity index (χ2v) is 21.3. The Labute approximate surface area is 473 Å². The van der Waals surface area contributed by atoms with Crippen molar-refractivity contribution in [2.75, 3.05) is 4.90 Å². The molecule has 1 aliphatic carbocycles. The van der Waals surface area contributed by atoms with Gasteiger partial charge in [-0.25, -0.2) is 0 Å². The molecule has 77 heavy (non-hydrogen) atoms. The smallest absolute Gasteiger partial charge is 0.0734 e. The summed E-state index contributed by atoms with van der Waals surface area (Å²) < 4.78 is 138. The zero-order chi connectivity index (χ0) is 62.8. The summed E-state index contributed by atoms with van der Waals surface area (Å²) in [6, 6.07) is 55.1. The van der Waals surface area contributed by atoms with Gasteiger partial charge in [0.2, 0.25) is 0 Å². The molecule has 0 N–H and O–H groups in total. The van der Waals surface area contributed by atoms with E-state index in [9.17, 15) is 15.1 Å². The Bertz CT molecular complexity index is 5390. The van der Waals surface area contributed by atoms with Crippen LogP contribution in [-0.4, -0.2) is 4.57 Å². The fourth-order valence-electron chi connectivity index (χ4n) is 12.1. The molecule has 1 aliphatic rings. The number of hydrogen-bond donors (Lipinski definition) is 0. The summed E-state index contributed by atoms with van der Waals surface area (Å²) in [6.45, 7) is 0. The third kappa shape index (κ3) is 6.59. The highest BCUT2D eigenvalue weighted by Gasteiger charge is 2.48. The molecular formula is C73H46N2S2. The van der Waals surface area contributed by atoms with E-state index in [0.29, 0.717) is 16.7 Å². The maximum Gasteiger partial charge on any atom is 0.0734 e. The van der Waals surface area contributed by atoms with Gasteiger partial charge in [-0.1, -0.05) is 218 Å². The summed E-state index contributed by atoms with van der Waals surface area (Å²) in [5.74, 6) is 0. The lowest BCUT2D eigenvalue weighted by molar-refractivity contribution is 0.762. The molecule has 3 heterocycles. The lowest BCUT2D eigenvalue weighted by Crippen LogP contribution is -2.29. The van der Waals surface area contributed by atoms with Crippen molar-refractivity contribution < 1.29 is 19.2 Å². The third-order valence-corrected chi connectivity index (χ3v) is 17.8. The van der Waals surface area contributed by atoms with Crippen LogP contribution < -0.4 is 4.90 Å². The monoisotopic (exact) mass is 1030 g/mol. The van der Waals surface area contributed by atoms with Gasteiger partial charge in [0, 0.05) is 73.7 Å². The minimum atomic E-state index is -2.62. The highest BCUT2D eigenvalue weighted by molar-refractivity contribution is 7.26. The Kier molecular flexibility index (Phi) is 7.26. The predicted octanol–water partition coefficient (Wildman–Crippen LogP) is 20.7. The maximum atomic E-state index is 9.90. The number of anilines is 3. The topological polar surface area (TPSA) is 8.17 Å². The molecule has 0 bridgehead atoms. The number of benzene rings is 12. The molecule has 360 valence electrons. The van der Waals surface area contributed by atoms with Crippen LogP contribution in [0.1, 0.15) is 41.4 Å². The van der Waals surface area contributed by atoms with Crippen LogP contribution in [0.2, 0.25) is 0 Å². The second-order valence-electron chi connectivity index (χ2n) is 19.2. The normalized spacial score (nSPS) is 15.3. The van der Waals surface area contributed by atoms with Crippen molar-refractivity contribution in [3.63, 3.8) is 0 Å². The number of fused-ring (bicyclic) bond motifs is 12. The fourth-order valence-corrected chi connectivity index (χ4v) is 14.6. The summed E-state index contributed by atoms with van der Waals surface area (Å²) in [6.07, 6.45) is 0. The largest absolute Gasteiger partial charge is 0.310 e. The van der Waals surface area contributed by atoms with E-state index >= 15 is 0 Å². The summed E-state index contributed by atoms with van der Waals surface area (Å²) >= 11 is 3.53. The number of aromatic nitrogens is 1. The van der Waals surface area contributed by atoms with E-state index < -0.39 is 101 Å². The summed E-state index contributed by atoms with van der Waals surface area (Å²) in [7, 11) is 0. The molecule has 2 nitrogen and oxygen atoms in total. The van der Waals surface area contributed by atoms with Crippen LogP contribution in [0.3, 0.4) is 0 Å². The number of rotatable bonds is 8. The molecule has 0 radical (unpaired) electrons. The van der Waals surface area contributed by atoms with Crippen LogP contribution >= 0.6 is 22.7 Å². The first-order valence-electron chi connectivity index (χ1n) is 32.3. The van der Waals surface area contributed by atoms with E-state index in [4.69, 9.17) is 4.11 Å². The average molecular weight is 1030 g/mol. The van der Waals surface area contributed by atoms with E-state index in [2.05, 4.69) is 144 Å². The second kappa shape index (κ2) is 17.4. The lowest BCUT2D eigenvalue weighted by atomic mass is 9.67.